The average molecular weight is 409 g/mol. The zero-order valence-electron chi connectivity index (χ0n) is 15.0. The summed E-state index contributed by atoms with van der Waals surface area (Å²) in [6.45, 7) is 4.44. The molecular weight excluding hydrogens is 388 g/mol. The maximum absolute atomic E-state index is 12.8. The highest BCUT2D eigenvalue weighted by Gasteiger charge is 2.30. The number of carboxylic acids is 1. The molecule has 2 N–H and O–H groups in total. The van der Waals surface area contributed by atoms with Crippen LogP contribution < -0.4 is 5.32 Å². The first-order valence-electron chi connectivity index (χ1n) is 8.46. The number of carbonyl (C=O) groups is 2. The Morgan fingerprint density at radius 2 is 1.81 bits per heavy atom. The SMILES string of the molecule is Cc1ccc(C(=O)O)cc1NC(=O)c1cc(S(=O)(=O)N2CCCC2)c(C)s1. The van der Waals surface area contributed by atoms with Crippen LogP contribution in [0.2, 0.25) is 0 Å². The molecule has 1 aliphatic heterocycles. The third-order valence-corrected chi connectivity index (χ3v) is 7.71. The molecule has 3 rings (SSSR count). The summed E-state index contributed by atoms with van der Waals surface area (Å²) in [7, 11) is -3.60. The molecule has 1 aliphatic rings. The van der Waals surface area contributed by atoms with E-state index in [1.165, 1.54) is 22.5 Å². The van der Waals surface area contributed by atoms with Crippen LogP contribution in [0.4, 0.5) is 5.69 Å². The van der Waals surface area contributed by atoms with Gasteiger partial charge >= 0.3 is 5.97 Å². The Hall–Kier alpha value is -2.23. The van der Waals surface area contributed by atoms with Crippen molar-refractivity contribution in [2.75, 3.05) is 18.4 Å². The first-order chi connectivity index (χ1) is 12.7. The molecule has 0 saturated carbocycles. The summed E-state index contributed by atoms with van der Waals surface area (Å²) in [4.78, 5) is 24.7. The highest BCUT2D eigenvalue weighted by atomic mass is 32.2. The predicted molar refractivity (Wildman–Crippen MR) is 103 cm³/mol. The summed E-state index contributed by atoms with van der Waals surface area (Å²) in [5, 5.41) is 11.8. The molecule has 9 heteroatoms. The summed E-state index contributed by atoms with van der Waals surface area (Å²) >= 11 is 1.11. The highest BCUT2D eigenvalue weighted by molar-refractivity contribution is 7.89. The molecule has 7 nitrogen and oxygen atoms in total. The van der Waals surface area contributed by atoms with Gasteiger partial charge in [0.25, 0.3) is 5.91 Å². The van der Waals surface area contributed by atoms with Gasteiger partial charge in [0.05, 0.1) is 15.3 Å². The fourth-order valence-electron chi connectivity index (χ4n) is 2.97. The van der Waals surface area contributed by atoms with Gasteiger partial charge in [0, 0.05) is 23.7 Å². The molecule has 144 valence electrons. The van der Waals surface area contributed by atoms with Crippen LogP contribution in [0, 0.1) is 13.8 Å². The van der Waals surface area contributed by atoms with Crippen molar-refractivity contribution >= 4 is 38.9 Å². The number of sulfonamides is 1. The number of nitrogens with zero attached hydrogens (tertiary/aromatic N) is 1. The fraction of sp³-hybridized carbons (Fsp3) is 0.333. The molecule has 1 saturated heterocycles. The van der Waals surface area contributed by atoms with Crippen LogP contribution >= 0.6 is 11.3 Å². The highest BCUT2D eigenvalue weighted by Crippen LogP contribution is 2.30. The Morgan fingerprint density at radius 3 is 2.44 bits per heavy atom. The lowest BCUT2D eigenvalue weighted by Gasteiger charge is -2.14. The first kappa shape index (κ1) is 19.5. The smallest absolute Gasteiger partial charge is 0.335 e. The molecule has 1 aromatic carbocycles. The number of hydrogen-bond donors (Lipinski definition) is 2. The second-order valence-corrected chi connectivity index (χ2v) is 9.59. The Kier molecular flexibility index (Phi) is 5.36. The molecule has 0 unspecified atom stereocenters. The van der Waals surface area contributed by atoms with Gasteiger partial charge in [-0.05, 0) is 50.5 Å². The summed E-state index contributed by atoms with van der Waals surface area (Å²) in [5.74, 6) is -1.55. The van der Waals surface area contributed by atoms with Gasteiger partial charge in [0.15, 0.2) is 0 Å². The van der Waals surface area contributed by atoms with E-state index < -0.39 is 21.9 Å². The summed E-state index contributed by atoms with van der Waals surface area (Å²) in [6, 6.07) is 5.86. The molecule has 1 aromatic heterocycles. The van der Waals surface area contributed by atoms with E-state index in [1.54, 1.807) is 19.9 Å². The van der Waals surface area contributed by atoms with Crippen LogP contribution in [0.3, 0.4) is 0 Å². The second-order valence-electron chi connectivity index (χ2n) is 6.43. The normalized spacial score (nSPS) is 15.0. The lowest BCUT2D eigenvalue weighted by Crippen LogP contribution is -2.28. The third-order valence-electron chi connectivity index (χ3n) is 4.51. The van der Waals surface area contributed by atoms with Crippen molar-refractivity contribution < 1.29 is 23.1 Å². The Morgan fingerprint density at radius 1 is 1.15 bits per heavy atom. The van der Waals surface area contributed by atoms with Gasteiger partial charge in [0.2, 0.25) is 10.0 Å². The minimum absolute atomic E-state index is 0.0653. The quantitative estimate of drug-likeness (QED) is 0.791. The maximum Gasteiger partial charge on any atom is 0.335 e. The van der Waals surface area contributed by atoms with Crippen molar-refractivity contribution in [3.8, 4) is 0 Å². The number of carboxylic acid groups (broad SMARTS) is 1. The third kappa shape index (κ3) is 3.90. The van der Waals surface area contributed by atoms with Gasteiger partial charge in [-0.25, -0.2) is 13.2 Å². The number of nitrogens with one attached hydrogen (secondary N) is 1. The van der Waals surface area contributed by atoms with Crippen molar-refractivity contribution in [3.63, 3.8) is 0 Å². The zero-order chi connectivity index (χ0) is 19.8. The minimum atomic E-state index is -3.60. The number of aryl methyl sites for hydroxylation is 2. The molecular formula is C18H20N2O5S2. The van der Waals surface area contributed by atoms with Crippen LogP contribution in [0.15, 0.2) is 29.2 Å². The van der Waals surface area contributed by atoms with E-state index in [2.05, 4.69) is 5.32 Å². The molecule has 0 aliphatic carbocycles. The van der Waals surface area contributed by atoms with Crippen molar-refractivity contribution in [2.45, 2.75) is 31.6 Å². The fourth-order valence-corrected chi connectivity index (χ4v) is 5.95. The Balaban J connectivity index is 1.87. The van der Waals surface area contributed by atoms with Crippen molar-refractivity contribution in [2.24, 2.45) is 0 Å². The van der Waals surface area contributed by atoms with Gasteiger partial charge in [-0.2, -0.15) is 4.31 Å². The predicted octanol–water partition coefficient (Wildman–Crippen LogP) is 3.10. The maximum atomic E-state index is 12.8. The number of hydrogen-bond acceptors (Lipinski definition) is 5. The molecule has 2 aromatic rings. The topological polar surface area (TPSA) is 104 Å². The van der Waals surface area contributed by atoms with Gasteiger partial charge in [-0.1, -0.05) is 6.07 Å². The summed E-state index contributed by atoms with van der Waals surface area (Å²) in [5.41, 5.74) is 1.16. The molecule has 1 amide bonds. The van der Waals surface area contributed by atoms with Crippen molar-refractivity contribution in [1.82, 2.24) is 4.31 Å². The molecule has 1 fully saturated rings. The number of aromatic carboxylic acids is 1. The zero-order valence-corrected chi connectivity index (χ0v) is 16.6. The van der Waals surface area contributed by atoms with E-state index in [1.807, 2.05) is 0 Å². The molecule has 2 heterocycles. The van der Waals surface area contributed by atoms with Crippen molar-refractivity contribution in [1.29, 1.82) is 0 Å². The van der Waals surface area contributed by atoms with E-state index in [0.717, 1.165) is 24.2 Å². The van der Waals surface area contributed by atoms with Crippen LogP contribution in [0.5, 0.6) is 0 Å². The van der Waals surface area contributed by atoms with Crippen LogP contribution in [-0.2, 0) is 10.0 Å². The number of anilines is 1. The van der Waals surface area contributed by atoms with Crippen LogP contribution in [0.1, 0.15) is 43.3 Å². The van der Waals surface area contributed by atoms with Gasteiger partial charge in [0.1, 0.15) is 0 Å². The molecule has 0 spiro atoms. The standard InChI is InChI=1S/C18H20N2O5S2/c1-11-5-6-13(18(22)23)9-14(11)19-17(21)15-10-16(12(2)26-15)27(24,25)20-7-3-4-8-20/h5-6,9-10H,3-4,7-8H2,1-2H3,(H,19,21)(H,22,23). The molecule has 0 atom stereocenters. The Labute approximate surface area is 161 Å². The first-order valence-corrected chi connectivity index (χ1v) is 10.7. The molecule has 27 heavy (non-hydrogen) atoms. The molecule has 0 bridgehead atoms. The largest absolute Gasteiger partial charge is 0.478 e. The van der Waals surface area contributed by atoms with E-state index in [4.69, 9.17) is 5.11 Å². The second kappa shape index (κ2) is 7.41. The lowest BCUT2D eigenvalue weighted by atomic mass is 10.1. The number of rotatable bonds is 5. The van der Waals surface area contributed by atoms with Crippen LogP contribution in [-0.4, -0.2) is 42.8 Å². The van der Waals surface area contributed by atoms with E-state index in [-0.39, 0.29) is 15.3 Å². The average Bonchev–Trinajstić information content (AvgIpc) is 3.26. The monoisotopic (exact) mass is 408 g/mol. The van der Waals surface area contributed by atoms with Crippen molar-refractivity contribution in [3.05, 3.63) is 45.1 Å². The van der Waals surface area contributed by atoms with E-state index in [9.17, 15) is 18.0 Å². The van der Waals surface area contributed by atoms with E-state index >= 15 is 0 Å². The van der Waals surface area contributed by atoms with Gasteiger partial charge in [-0.15, -0.1) is 11.3 Å². The number of amides is 1. The van der Waals surface area contributed by atoms with Crippen LogP contribution in [0.25, 0.3) is 0 Å². The summed E-state index contributed by atoms with van der Waals surface area (Å²) in [6.07, 6.45) is 1.68. The Bertz CT molecular complexity index is 1000. The minimum Gasteiger partial charge on any atom is -0.478 e. The summed E-state index contributed by atoms with van der Waals surface area (Å²) < 4.78 is 27.0. The lowest BCUT2D eigenvalue weighted by molar-refractivity contribution is 0.0696. The van der Waals surface area contributed by atoms with Gasteiger partial charge in [-0.3, -0.25) is 4.79 Å². The number of thiophene rings is 1. The number of carbonyl (C=O) groups excluding carboxylic acids is 1. The van der Waals surface area contributed by atoms with E-state index in [0.29, 0.717) is 29.2 Å². The molecule has 0 radical (unpaired) electrons. The number of benzene rings is 1. The van der Waals surface area contributed by atoms with Gasteiger partial charge < -0.3 is 10.4 Å².